The molecule has 1 N–H and O–H groups in total. The number of benzene rings is 1. The van der Waals surface area contributed by atoms with E-state index in [1.54, 1.807) is 0 Å². The van der Waals surface area contributed by atoms with E-state index in [2.05, 4.69) is 5.32 Å². The second kappa shape index (κ2) is 4.93. The molecular weight excluding hydrogens is 246 g/mol. The van der Waals surface area contributed by atoms with Gasteiger partial charge in [0.05, 0.1) is 6.42 Å². The van der Waals surface area contributed by atoms with Crippen molar-refractivity contribution in [1.82, 2.24) is 5.32 Å². The molecule has 0 radical (unpaired) electrons. The molecule has 1 amide bonds. The first-order valence-corrected chi connectivity index (χ1v) is 7.13. The fourth-order valence-corrected chi connectivity index (χ4v) is 3.70. The van der Waals surface area contributed by atoms with Gasteiger partial charge in [0.2, 0.25) is 5.91 Å². The van der Waals surface area contributed by atoms with Crippen LogP contribution >= 0.6 is 11.6 Å². The van der Waals surface area contributed by atoms with E-state index < -0.39 is 0 Å². The monoisotopic (exact) mass is 263 g/mol. The first kappa shape index (κ1) is 12.0. The Morgan fingerprint density at radius 1 is 1.28 bits per heavy atom. The van der Waals surface area contributed by atoms with Crippen LogP contribution in [0, 0.1) is 11.8 Å². The van der Waals surface area contributed by atoms with Gasteiger partial charge < -0.3 is 5.32 Å². The van der Waals surface area contributed by atoms with Crippen LogP contribution < -0.4 is 5.32 Å². The zero-order valence-corrected chi connectivity index (χ0v) is 11.1. The molecule has 96 valence electrons. The van der Waals surface area contributed by atoms with Crippen molar-refractivity contribution in [3.8, 4) is 0 Å². The molecule has 0 saturated heterocycles. The zero-order valence-electron chi connectivity index (χ0n) is 10.4. The van der Waals surface area contributed by atoms with Crippen LogP contribution in [0.1, 0.15) is 31.2 Å². The van der Waals surface area contributed by atoms with E-state index in [9.17, 15) is 4.79 Å². The summed E-state index contributed by atoms with van der Waals surface area (Å²) in [4.78, 5) is 12.0. The molecule has 1 aromatic rings. The molecule has 2 aliphatic carbocycles. The highest BCUT2D eigenvalue weighted by atomic mass is 35.5. The molecule has 3 rings (SSSR count). The van der Waals surface area contributed by atoms with Crippen molar-refractivity contribution in [3.05, 3.63) is 34.9 Å². The Kier molecular flexibility index (Phi) is 3.29. The van der Waals surface area contributed by atoms with Gasteiger partial charge in [-0.25, -0.2) is 0 Å². The number of carbonyl (C=O) groups excluding carboxylic acids is 1. The van der Waals surface area contributed by atoms with E-state index in [1.807, 2.05) is 24.3 Å². The van der Waals surface area contributed by atoms with Crippen LogP contribution in [-0.2, 0) is 11.2 Å². The van der Waals surface area contributed by atoms with Crippen molar-refractivity contribution in [2.24, 2.45) is 11.8 Å². The van der Waals surface area contributed by atoms with E-state index in [1.165, 1.54) is 25.7 Å². The van der Waals surface area contributed by atoms with Gasteiger partial charge in [0, 0.05) is 11.1 Å². The molecule has 2 bridgehead atoms. The van der Waals surface area contributed by atoms with Crippen molar-refractivity contribution >= 4 is 17.5 Å². The summed E-state index contributed by atoms with van der Waals surface area (Å²) in [6, 6.07) is 7.98. The SMILES string of the molecule is O=C(Cc1ccccc1Cl)N[C@@H]1C[C@H]2CC[C@H]1C2. The summed E-state index contributed by atoms with van der Waals surface area (Å²) in [5.74, 6) is 1.70. The number of carbonyl (C=O) groups is 1. The van der Waals surface area contributed by atoms with Gasteiger partial charge in [-0.15, -0.1) is 0 Å². The van der Waals surface area contributed by atoms with Gasteiger partial charge >= 0.3 is 0 Å². The lowest BCUT2D eigenvalue weighted by molar-refractivity contribution is -0.121. The zero-order chi connectivity index (χ0) is 12.5. The third kappa shape index (κ3) is 2.39. The maximum Gasteiger partial charge on any atom is 0.224 e. The maximum absolute atomic E-state index is 12.0. The van der Waals surface area contributed by atoms with Crippen molar-refractivity contribution in [1.29, 1.82) is 0 Å². The average Bonchev–Trinajstić information content (AvgIpc) is 2.94. The number of amides is 1. The van der Waals surface area contributed by atoms with Crippen molar-refractivity contribution in [2.45, 2.75) is 38.1 Å². The first-order valence-electron chi connectivity index (χ1n) is 6.75. The highest BCUT2D eigenvalue weighted by Gasteiger charge is 2.39. The summed E-state index contributed by atoms with van der Waals surface area (Å²) in [6.07, 6.45) is 5.55. The van der Waals surface area contributed by atoms with Gasteiger partial charge in [-0.2, -0.15) is 0 Å². The topological polar surface area (TPSA) is 29.1 Å². The molecule has 2 fully saturated rings. The van der Waals surface area contributed by atoms with Gasteiger partial charge in [-0.05, 0) is 42.7 Å². The minimum absolute atomic E-state index is 0.112. The normalized spacial score (nSPS) is 29.5. The predicted octanol–water partition coefficient (Wildman–Crippen LogP) is 3.19. The molecule has 0 heterocycles. The molecular formula is C15H18ClNO. The van der Waals surface area contributed by atoms with Crippen molar-refractivity contribution < 1.29 is 4.79 Å². The van der Waals surface area contributed by atoms with E-state index >= 15 is 0 Å². The molecule has 2 nitrogen and oxygen atoms in total. The number of hydrogen-bond donors (Lipinski definition) is 1. The quantitative estimate of drug-likeness (QED) is 0.892. The Morgan fingerprint density at radius 2 is 2.11 bits per heavy atom. The van der Waals surface area contributed by atoms with Gasteiger partial charge in [0.1, 0.15) is 0 Å². The highest BCUT2D eigenvalue weighted by molar-refractivity contribution is 6.31. The Bertz CT molecular complexity index is 460. The van der Waals surface area contributed by atoms with E-state index in [0.29, 0.717) is 17.5 Å². The van der Waals surface area contributed by atoms with Gasteiger partial charge in [0.25, 0.3) is 0 Å². The Labute approximate surface area is 113 Å². The molecule has 2 saturated carbocycles. The third-order valence-electron chi connectivity index (χ3n) is 4.39. The maximum atomic E-state index is 12.0. The Balaban J connectivity index is 1.58. The predicted molar refractivity (Wildman–Crippen MR) is 72.5 cm³/mol. The third-order valence-corrected chi connectivity index (χ3v) is 4.76. The van der Waals surface area contributed by atoms with Crippen LogP contribution in [0.3, 0.4) is 0 Å². The van der Waals surface area contributed by atoms with Crippen molar-refractivity contribution in [2.75, 3.05) is 0 Å². The lowest BCUT2D eigenvalue weighted by atomic mass is 9.95. The minimum atomic E-state index is 0.112. The van der Waals surface area contributed by atoms with E-state index in [-0.39, 0.29) is 5.91 Å². The van der Waals surface area contributed by atoms with Crippen molar-refractivity contribution in [3.63, 3.8) is 0 Å². The summed E-state index contributed by atoms with van der Waals surface area (Å²) in [5, 5.41) is 3.87. The number of halogens is 1. The molecule has 18 heavy (non-hydrogen) atoms. The lowest BCUT2D eigenvalue weighted by Gasteiger charge is -2.23. The minimum Gasteiger partial charge on any atom is -0.353 e. The summed E-state index contributed by atoms with van der Waals surface area (Å²) in [6.45, 7) is 0. The summed E-state index contributed by atoms with van der Waals surface area (Å²) in [5.41, 5.74) is 0.917. The van der Waals surface area contributed by atoms with Crippen LogP contribution in [-0.4, -0.2) is 11.9 Å². The summed E-state index contributed by atoms with van der Waals surface area (Å²) in [7, 11) is 0. The molecule has 3 heteroatoms. The second-order valence-electron chi connectivity index (χ2n) is 5.62. The average molecular weight is 264 g/mol. The molecule has 0 spiro atoms. The first-order chi connectivity index (χ1) is 8.72. The summed E-state index contributed by atoms with van der Waals surface area (Å²) >= 11 is 6.07. The van der Waals surface area contributed by atoms with Crippen LogP contribution in [0.5, 0.6) is 0 Å². The molecule has 1 aromatic carbocycles. The van der Waals surface area contributed by atoms with Gasteiger partial charge in [-0.3, -0.25) is 4.79 Å². The molecule has 0 aliphatic heterocycles. The Morgan fingerprint density at radius 3 is 2.78 bits per heavy atom. The van der Waals surface area contributed by atoms with Gasteiger partial charge in [0.15, 0.2) is 0 Å². The largest absolute Gasteiger partial charge is 0.353 e. The molecule has 0 aromatic heterocycles. The van der Waals surface area contributed by atoms with Crippen LogP contribution in [0.2, 0.25) is 5.02 Å². The molecule has 3 atom stereocenters. The Hall–Kier alpha value is -1.02. The van der Waals surface area contributed by atoms with Crippen LogP contribution in [0.15, 0.2) is 24.3 Å². The fraction of sp³-hybridized carbons (Fsp3) is 0.533. The van der Waals surface area contributed by atoms with E-state index in [0.717, 1.165) is 17.4 Å². The molecule has 0 unspecified atom stereocenters. The molecule has 2 aliphatic rings. The van der Waals surface area contributed by atoms with Crippen LogP contribution in [0.4, 0.5) is 0 Å². The highest BCUT2D eigenvalue weighted by Crippen LogP contribution is 2.44. The summed E-state index contributed by atoms with van der Waals surface area (Å²) < 4.78 is 0. The lowest BCUT2D eigenvalue weighted by Crippen LogP contribution is -2.39. The smallest absolute Gasteiger partial charge is 0.224 e. The van der Waals surface area contributed by atoms with Crippen LogP contribution in [0.25, 0.3) is 0 Å². The number of rotatable bonds is 3. The number of hydrogen-bond acceptors (Lipinski definition) is 1. The standard InChI is InChI=1S/C15H18ClNO/c16-13-4-2-1-3-11(13)9-15(18)17-14-8-10-5-6-12(14)7-10/h1-4,10,12,14H,5-9H2,(H,17,18)/t10-,12-,14+/m0/s1. The number of fused-ring (bicyclic) bond motifs is 2. The number of nitrogens with one attached hydrogen (secondary N) is 1. The fourth-order valence-electron chi connectivity index (χ4n) is 3.49. The van der Waals surface area contributed by atoms with Gasteiger partial charge in [-0.1, -0.05) is 36.2 Å². The van der Waals surface area contributed by atoms with E-state index in [4.69, 9.17) is 11.6 Å². The second-order valence-corrected chi connectivity index (χ2v) is 6.02.